The van der Waals surface area contributed by atoms with Crippen LogP contribution in [0.3, 0.4) is 0 Å². The van der Waals surface area contributed by atoms with Crippen molar-refractivity contribution in [2.75, 3.05) is 48.6 Å². The molecule has 3 heterocycles. The number of carbonyl (C=O) groups excluding carboxylic acids is 2. The van der Waals surface area contributed by atoms with E-state index in [1.165, 1.54) is 23.8 Å². The number of carbonyl (C=O) groups is 2. The number of fused-ring (bicyclic) bond motifs is 6. The van der Waals surface area contributed by atoms with Gasteiger partial charge >= 0.3 is 11.9 Å². The van der Waals surface area contributed by atoms with E-state index in [0.717, 1.165) is 49.2 Å². The van der Waals surface area contributed by atoms with Crippen molar-refractivity contribution in [3.63, 3.8) is 0 Å². The largest absolute Gasteiger partial charge is 0.497 e. The van der Waals surface area contributed by atoms with E-state index >= 15 is 0 Å². The molecular weight excluding hydrogens is 588 g/mol. The van der Waals surface area contributed by atoms with E-state index in [1.807, 2.05) is 12.1 Å². The van der Waals surface area contributed by atoms with Crippen molar-refractivity contribution in [1.29, 1.82) is 0 Å². The summed E-state index contributed by atoms with van der Waals surface area (Å²) < 4.78 is 34.4. The molecule has 2 aromatic carbocycles. The lowest BCUT2D eigenvalue weighted by molar-refractivity contribution is -0.176. The molecule has 7 atom stereocenters. The highest BCUT2D eigenvalue weighted by Gasteiger charge is 2.54. The summed E-state index contributed by atoms with van der Waals surface area (Å²) >= 11 is 0. The van der Waals surface area contributed by atoms with Crippen molar-refractivity contribution in [1.82, 2.24) is 9.88 Å². The molecule has 1 aliphatic carbocycles. The maximum Gasteiger partial charge on any atom is 0.338 e. The van der Waals surface area contributed by atoms with Gasteiger partial charge in [-0.15, -0.1) is 0 Å². The van der Waals surface area contributed by atoms with Crippen LogP contribution in [0.15, 0.2) is 30.3 Å². The minimum Gasteiger partial charge on any atom is -0.497 e. The summed E-state index contributed by atoms with van der Waals surface area (Å²) in [6.45, 7) is 5.90. The van der Waals surface area contributed by atoms with Crippen molar-refractivity contribution >= 4 is 22.8 Å². The number of H-pyrrole nitrogens is 1. The molecule has 1 saturated carbocycles. The number of methoxy groups -OCH3 is 5. The number of aromatic amines is 1. The highest BCUT2D eigenvalue weighted by molar-refractivity contribution is 5.91. The molecule has 1 N–H and O–H groups in total. The Bertz CT molecular complexity index is 1580. The summed E-state index contributed by atoms with van der Waals surface area (Å²) in [4.78, 5) is 33.4. The topological polar surface area (TPSA) is 109 Å². The van der Waals surface area contributed by atoms with Gasteiger partial charge in [-0.25, -0.2) is 4.79 Å². The number of nitrogens with zero attached hydrogens (tertiary/aromatic N) is 1. The van der Waals surface area contributed by atoms with Crippen LogP contribution in [-0.2, 0) is 25.4 Å². The van der Waals surface area contributed by atoms with E-state index in [1.54, 1.807) is 40.6 Å². The fourth-order valence-electron chi connectivity index (χ4n) is 8.31. The summed E-state index contributed by atoms with van der Waals surface area (Å²) in [5.41, 5.74) is 4.86. The molecule has 10 nitrogen and oxygen atoms in total. The van der Waals surface area contributed by atoms with Crippen molar-refractivity contribution in [3.05, 3.63) is 52.7 Å². The molecule has 248 valence electrons. The van der Waals surface area contributed by atoms with Gasteiger partial charge in [-0.3, -0.25) is 9.69 Å². The first kappa shape index (κ1) is 32.2. The third-order valence-electron chi connectivity index (χ3n) is 10.7. The minimum atomic E-state index is -0.651. The van der Waals surface area contributed by atoms with Gasteiger partial charge in [0.25, 0.3) is 0 Å². The number of ether oxygens (including phenoxy) is 6. The van der Waals surface area contributed by atoms with Gasteiger partial charge < -0.3 is 33.4 Å². The fourth-order valence-corrected chi connectivity index (χ4v) is 8.31. The highest BCUT2D eigenvalue weighted by Crippen LogP contribution is 2.51. The minimum absolute atomic E-state index is 0.00416. The number of benzene rings is 2. The normalized spacial score (nSPS) is 26.3. The molecule has 1 aromatic heterocycles. The molecule has 0 amide bonds. The summed E-state index contributed by atoms with van der Waals surface area (Å²) in [7, 11) is 7.85. The Balaban J connectivity index is 1.29. The number of piperidine rings is 1. The molecule has 3 aromatic rings. The first-order valence-corrected chi connectivity index (χ1v) is 16.3. The Morgan fingerprint density at radius 2 is 1.74 bits per heavy atom. The molecule has 10 heteroatoms. The standard InChI is InChI=1S/C36H46N2O8/c1-8-19(2)31-28(42-4)13-20(14-29(31)43-5)35(39)46-30-15-21-18-38-12-11-24-23-10-9-22(41-3)16-26(23)37-33(24)27(38)17-25(21)32(34(30)44-6)36(40)45-7/h9-10,13-14,16,19,21,25,27,30,32,34,37H,8,11-12,15,17-18H2,1-7H3/t19?,21-,25+,27-,30-,32+,34+/m1/s1. The number of hydrogen-bond acceptors (Lipinski definition) is 9. The van der Waals surface area contributed by atoms with Crippen LogP contribution in [0.2, 0.25) is 0 Å². The molecule has 46 heavy (non-hydrogen) atoms. The van der Waals surface area contributed by atoms with Crippen LogP contribution in [0.1, 0.15) is 72.2 Å². The number of aromatic nitrogens is 1. The predicted octanol–water partition coefficient (Wildman–Crippen LogP) is 5.68. The zero-order valence-electron chi connectivity index (χ0n) is 27.9. The van der Waals surface area contributed by atoms with Crippen LogP contribution < -0.4 is 14.2 Å². The number of rotatable bonds is 9. The molecule has 6 rings (SSSR count). The van der Waals surface area contributed by atoms with E-state index in [-0.39, 0.29) is 29.8 Å². The van der Waals surface area contributed by atoms with Crippen LogP contribution in [0.4, 0.5) is 0 Å². The van der Waals surface area contributed by atoms with Crippen molar-refractivity contribution < 1.29 is 38.0 Å². The summed E-state index contributed by atoms with van der Waals surface area (Å²) in [5.74, 6) is 0.842. The maximum atomic E-state index is 13.7. The van der Waals surface area contributed by atoms with Gasteiger partial charge in [0.2, 0.25) is 0 Å². The first-order valence-electron chi connectivity index (χ1n) is 16.3. The average molecular weight is 635 g/mol. The Hall–Kier alpha value is -3.76. The van der Waals surface area contributed by atoms with Gasteiger partial charge in [-0.2, -0.15) is 0 Å². The molecule has 3 aliphatic rings. The van der Waals surface area contributed by atoms with Gasteiger partial charge in [0, 0.05) is 48.4 Å². The molecule has 0 spiro atoms. The highest BCUT2D eigenvalue weighted by atomic mass is 16.6. The van der Waals surface area contributed by atoms with Crippen molar-refractivity contribution in [2.45, 2.75) is 63.7 Å². The van der Waals surface area contributed by atoms with E-state index in [2.05, 4.69) is 29.8 Å². The molecule has 2 fully saturated rings. The molecule has 1 saturated heterocycles. The fraction of sp³-hybridized carbons (Fsp3) is 0.556. The maximum absolute atomic E-state index is 13.7. The molecular formula is C36H46N2O8. The van der Waals surface area contributed by atoms with Crippen LogP contribution in [0, 0.1) is 17.8 Å². The van der Waals surface area contributed by atoms with E-state index < -0.39 is 24.1 Å². The molecule has 2 aliphatic heterocycles. The van der Waals surface area contributed by atoms with E-state index in [0.29, 0.717) is 23.5 Å². The Labute approximate surface area is 270 Å². The van der Waals surface area contributed by atoms with Gasteiger partial charge in [-0.1, -0.05) is 13.8 Å². The predicted molar refractivity (Wildman–Crippen MR) is 173 cm³/mol. The van der Waals surface area contributed by atoms with E-state index in [4.69, 9.17) is 28.4 Å². The zero-order valence-corrected chi connectivity index (χ0v) is 27.9. The van der Waals surface area contributed by atoms with Gasteiger partial charge in [0.1, 0.15) is 29.5 Å². The molecule has 0 radical (unpaired) electrons. The second kappa shape index (κ2) is 13.2. The van der Waals surface area contributed by atoms with Crippen molar-refractivity contribution in [3.8, 4) is 17.2 Å². The number of esters is 2. The third-order valence-corrected chi connectivity index (χ3v) is 10.7. The number of nitrogens with one attached hydrogen (secondary N) is 1. The Morgan fingerprint density at radius 1 is 1.00 bits per heavy atom. The summed E-state index contributed by atoms with van der Waals surface area (Å²) in [5, 5.41) is 1.22. The van der Waals surface area contributed by atoms with Crippen LogP contribution >= 0.6 is 0 Å². The lowest BCUT2D eigenvalue weighted by Crippen LogP contribution is -2.58. The second-order valence-electron chi connectivity index (χ2n) is 12.9. The van der Waals surface area contributed by atoms with E-state index in [9.17, 15) is 9.59 Å². The lowest BCUT2D eigenvalue weighted by atomic mass is 9.63. The summed E-state index contributed by atoms with van der Waals surface area (Å²) in [6, 6.07) is 9.74. The molecule has 1 unspecified atom stereocenters. The second-order valence-corrected chi connectivity index (χ2v) is 12.9. The van der Waals surface area contributed by atoms with Crippen LogP contribution in [0.25, 0.3) is 10.9 Å². The van der Waals surface area contributed by atoms with Crippen LogP contribution in [-0.4, -0.2) is 82.7 Å². The van der Waals surface area contributed by atoms with Gasteiger partial charge in [0.05, 0.1) is 46.0 Å². The summed E-state index contributed by atoms with van der Waals surface area (Å²) in [6.07, 6.45) is 1.90. The lowest BCUT2D eigenvalue weighted by Gasteiger charge is -2.52. The van der Waals surface area contributed by atoms with Gasteiger partial charge in [0.15, 0.2) is 0 Å². The third kappa shape index (κ3) is 5.49. The van der Waals surface area contributed by atoms with Crippen LogP contribution in [0.5, 0.6) is 17.2 Å². The smallest absolute Gasteiger partial charge is 0.338 e. The Kier molecular flexibility index (Phi) is 9.21. The van der Waals surface area contributed by atoms with Gasteiger partial charge in [-0.05, 0) is 73.3 Å². The quantitative estimate of drug-likeness (QED) is 0.298. The first-order chi connectivity index (χ1) is 22.3. The number of hydrogen-bond donors (Lipinski definition) is 1. The zero-order chi connectivity index (χ0) is 32.7. The Morgan fingerprint density at radius 3 is 2.37 bits per heavy atom. The van der Waals surface area contributed by atoms with Crippen molar-refractivity contribution in [2.24, 2.45) is 17.8 Å². The monoisotopic (exact) mass is 634 g/mol. The average Bonchev–Trinajstić information content (AvgIpc) is 3.47. The molecule has 0 bridgehead atoms. The SMILES string of the molecule is CCC(C)c1c(OC)cc(C(=O)O[C@@H]2C[C@@H]3CN4CCc5c([nH]c6cc(OC)ccc56)[C@H]4C[C@@H]3[C@H](C(=O)OC)[C@H]2OC)cc1OC.